The van der Waals surface area contributed by atoms with Crippen molar-refractivity contribution in [2.75, 3.05) is 10.1 Å². The maximum atomic E-state index is 13.7. The van der Waals surface area contributed by atoms with E-state index in [0.717, 1.165) is 6.07 Å². The molecule has 3 N–H and O–H groups in total. The highest BCUT2D eigenvalue weighted by atomic mass is 35.5. The van der Waals surface area contributed by atoms with Gasteiger partial charge >= 0.3 is 0 Å². The van der Waals surface area contributed by atoms with Crippen LogP contribution in [0.3, 0.4) is 0 Å². The van der Waals surface area contributed by atoms with Crippen molar-refractivity contribution < 1.29 is 17.6 Å². The van der Waals surface area contributed by atoms with Crippen LogP contribution < -0.4 is 15.6 Å². The highest BCUT2D eigenvalue weighted by Gasteiger charge is 2.17. The van der Waals surface area contributed by atoms with Crippen LogP contribution in [-0.4, -0.2) is 14.3 Å². The number of halogens is 4. The van der Waals surface area contributed by atoms with Crippen molar-refractivity contribution in [1.29, 1.82) is 0 Å². The molecule has 1 amide bonds. The Balaban J connectivity index is 1.71. The van der Waals surface area contributed by atoms with Gasteiger partial charge in [-0.3, -0.25) is 20.4 Å². The van der Waals surface area contributed by atoms with Crippen molar-refractivity contribution in [2.45, 2.75) is 4.90 Å². The van der Waals surface area contributed by atoms with Gasteiger partial charge in [-0.15, -0.1) is 0 Å². The van der Waals surface area contributed by atoms with E-state index in [4.69, 9.17) is 34.8 Å². The topological polar surface area (TPSA) is 87.3 Å². The quantitative estimate of drug-likeness (QED) is 0.409. The third kappa shape index (κ3) is 5.14. The Kier molecular flexibility index (Phi) is 6.72. The molecule has 3 rings (SSSR count). The Morgan fingerprint density at radius 3 is 2.10 bits per heavy atom. The minimum absolute atomic E-state index is 0.140. The predicted octanol–water partition coefficient (Wildman–Crippen LogP) is 5.34. The van der Waals surface area contributed by atoms with Gasteiger partial charge in [0.25, 0.3) is 15.9 Å². The van der Waals surface area contributed by atoms with Crippen LogP contribution in [-0.2, 0) is 10.0 Å². The summed E-state index contributed by atoms with van der Waals surface area (Å²) in [4.78, 5) is 12.2. The molecule has 0 saturated heterocycles. The summed E-state index contributed by atoms with van der Waals surface area (Å²) >= 11 is 17.9. The minimum Gasteiger partial charge on any atom is -0.295 e. The van der Waals surface area contributed by atoms with Crippen molar-refractivity contribution in [3.63, 3.8) is 0 Å². The summed E-state index contributed by atoms with van der Waals surface area (Å²) in [5, 5.41) is 0.740. The summed E-state index contributed by atoms with van der Waals surface area (Å²) in [5.41, 5.74) is 5.24. The highest BCUT2D eigenvalue weighted by molar-refractivity contribution is 7.92. The molecule has 0 saturated carbocycles. The van der Waals surface area contributed by atoms with Gasteiger partial charge in [0, 0.05) is 10.6 Å². The van der Waals surface area contributed by atoms with Crippen LogP contribution in [0.25, 0.3) is 0 Å². The minimum atomic E-state index is -4.03. The van der Waals surface area contributed by atoms with Gasteiger partial charge in [0.05, 0.1) is 26.3 Å². The summed E-state index contributed by atoms with van der Waals surface area (Å²) in [5.74, 6) is -1.27. The monoisotopic (exact) mass is 487 g/mol. The van der Waals surface area contributed by atoms with Gasteiger partial charge in [0.1, 0.15) is 5.82 Å². The summed E-state index contributed by atoms with van der Waals surface area (Å²) in [6.07, 6.45) is 0. The summed E-state index contributed by atoms with van der Waals surface area (Å²) in [6, 6.07) is 13.3. The smallest absolute Gasteiger partial charge is 0.269 e. The zero-order valence-corrected chi connectivity index (χ0v) is 18.0. The predicted molar refractivity (Wildman–Crippen MR) is 116 cm³/mol. The zero-order valence-electron chi connectivity index (χ0n) is 14.9. The molecule has 0 aliphatic heterocycles. The maximum absolute atomic E-state index is 13.7. The second kappa shape index (κ2) is 9.09. The summed E-state index contributed by atoms with van der Waals surface area (Å²) in [7, 11) is -4.03. The summed E-state index contributed by atoms with van der Waals surface area (Å²) in [6.45, 7) is 0. The second-order valence-corrected chi connectivity index (χ2v) is 8.87. The van der Waals surface area contributed by atoms with Crippen molar-refractivity contribution in [2.24, 2.45) is 0 Å². The van der Waals surface area contributed by atoms with Crippen molar-refractivity contribution in [3.8, 4) is 0 Å². The number of carbonyl (C=O) groups is 1. The molecule has 0 spiro atoms. The Bertz CT molecular complexity index is 1180. The number of hydrazine groups is 1. The van der Waals surface area contributed by atoms with Gasteiger partial charge in [-0.2, -0.15) is 0 Å². The van der Waals surface area contributed by atoms with E-state index in [1.807, 2.05) is 0 Å². The third-order valence-electron chi connectivity index (χ3n) is 3.85. The lowest BCUT2D eigenvalue weighted by Gasteiger charge is -2.13. The van der Waals surface area contributed by atoms with E-state index < -0.39 is 21.7 Å². The first-order valence-electron chi connectivity index (χ1n) is 8.26. The van der Waals surface area contributed by atoms with Crippen molar-refractivity contribution in [3.05, 3.63) is 87.1 Å². The molecule has 0 unspecified atom stereocenters. The van der Waals surface area contributed by atoms with Gasteiger partial charge in [-0.25, -0.2) is 12.8 Å². The first-order valence-corrected chi connectivity index (χ1v) is 10.9. The van der Waals surface area contributed by atoms with E-state index in [-0.39, 0.29) is 31.9 Å². The van der Waals surface area contributed by atoms with E-state index >= 15 is 0 Å². The first kappa shape index (κ1) is 22.2. The van der Waals surface area contributed by atoms with Crippen LogP contribution in [0, 0.1) is 5.82 Å². The first-order chi connectivity index (χ1) is 14.2. The summed E-state index contributed by atoms with van der Waals surface area (Å²) < 4.78 is 40.7. The highest BCUT2D eigenvalue weighted by Crippen LogP contribution is 2.33. The molecule has 0 aliphatic rings. The van der Waals surface area contributed by atoms with E-state index in [1.165, 1.54) is 54.6 Å². The Morgan fingerprint density at radius 2 is 1.50 bits per heavy atom. The number of hydrogen-bond donors (Lipinski definition) is 3. The van der Waals surface area contributed by atoms with Crippen LogP contribution in [0.5, 0.6) is 0 Å². The number of hydrogen-bond acceptors (Lipinski definition) is 4. The molecule has 30 heavy (non-hydrogen) atoms. The van der Waals surface area contributed by atoms with Gasteiger partial charge < -0.3 is 0 Å². The van der Waals surface area contributed by atoms with Crippen molar-refractivity contribution in [1.82, 2.24) is 5.43 Å². The average molecular weight is 489 g/mol. The maximum Gasteiger partial charge on any atom is 0.269 e. The van der Waals surface area contributed by atoms with Gasteiger partial charge in [-0.05, 0) is 48.5 Å². The molecular weight excluding hydrogens is 476 g/mol. The number of para-hydroxylation sites is 1. The number of nitrogens with one attached hydrogen (secondary N) is 3. The fourth-order valence-electron chi connectivity index (χ4n) is 2.39. The number of amides is 1. The molecule has 0 fully saturated rings. The fraction of sp³-hybridized carbons (Fsp3) is 0. The fourth-order valence-corrected chi connectivity index (χ4v) is 4.36. The molecule has 0 heterocycles. The van der Waals surface area contributed by atoms with Gasteiger partial charge in [0.15, 0.2) is 0 Å². The zero-order chi connectivity index (χ0) is 21.9. The van der Waals surface area contributed by atoms with Crippen molar-refractivity contribution >= 4 is 62.1 Å². The largest absolute Gasteiger partial charge is 0.295 e. The lowest BCUT2D eigenvalue weighted by Crippen LogP contribution is -2.29. The number of sulfonamides is 1. The normalized spacial score (nSPS) is 11.1. The molecule has 6 nitrogen and oxygen atoms in total. The van der Waals surface area contributed by atoms with Crippen LogP contribution in [0.2, 0.25) is 15.1 Å². The van der Waals surface area contributed by atoms with Crippen LogP contribution in [0.4, 0.5) is 15.8 Å². The van der Waals surface area contributed by atoms with Crippen LogP contribution in [0.15, 0.2) is 65.6 Å². The lowest BCUT2D eigenvalue weighted by molar-refractivity contribution is 0.0962. The standard InChI is InChI=1S/C19H13Cl3FN3O3S/c20-12-9-14(21)18(15(22)10-12)24-25-19(27)11-5-7-13(8-6-11)30(28,29)26-17-4-2-1-3-16(17)23/h1-10,24,26H,(H,25,27). The lowest BCUT2D eigenvalue weighted by atomic mass is 10.2. The molecule has 11 heteroatoms. The molecule has 3 aromatic rings. The second-order valence-electron chi connectivity index (χ2n) is 5.93. The van der Waals surface area contributed by atoms with E-state index in [9.17, 15) is 17.6 Å². The molecule has 0 bridgehead atoms. The number of carbonyl (C=O) groups excluding carboxylic acids is 1. The molecule has 0 radical (unpaired) electrons. The number of anilines is 2. The molecule has 3 aromatic carbocycles. The van der Waals surface area contributed by atoms with Crippen LogP contribution >= 0.6 is 34.8 Å². The Morgan fingerprint density at radius 1 is 0.900 bits per heavy atom. The molecule has 0 aliphatic carbocycles. The molecular formula is C19H13Cl3FN3O3S. The van der Waals surface area contributed by atoms with Gasteiger partial charge in [0.2, 0.25) is 0 Å². The number of rotatable bonds is 6. The molecule has 0 aromatic heterocycles. The Hall–Kier alpha value is -2.52. The van der Waals surface area contributed by atoms with E-state index in [1.54, 1.807) is 0 Å². The number of benzene rings is 3. The van der Waals surface area contributed by atoms with E-state index in [2.05, 4.69) is 15.6 Å². The van der Waals surface area contributed by atoms with Gasteiger partial charge in [-0.1, -0.05) is 46.9 Å². The third-order valence-corrected chi connectivity index (χ3v) is 6.05. The SMILES string of the molecule is O=C(NNc1c(Cl)cc(Cl)cc1Cl)c1ccc(S(=O)(=O)Nc2ccccc2F)cc1. The van der Waals surface area contributed by atoms with Crippen LogP contribution in [0.1, 0.15) is 10.4 Å². The van der Waals surface area contributed by atoms with E-state index in [0.29, 0.717) is 5.02 Å². The average Bonchev–Trinajstić information content (AvgIpc) is 2.69. The Labute approximate surface area is 187 Å². The molecule has 156 valence electrons. The molecule has 0 atom stereocenters.